The van der Waals surface area contributed by atoms with E-state index in [-0.39, 0.29) is 12.5 Å². The minimum absolute atomic E-state index is 0.187. The van der Waals surface area contributed by atoms with Crippen molar-refractivity contribution in [3.05, 3.63) is 27.7 Å². The molecular formula is C11H13BrO2. The van der Waals surface area contributed by atoms with E-state index in [1.54, 1.807) is 0 Å². The molecule has 14 heavy (non-hydrogen) atoms. The maximum absolute atomic E-state index is 9.08. The molecule has 0 aliphatic carbocycles. The third kappa shape index (κ3) is 1.66. The Balaban J connectivity index is 2.41. The normalized spacial score (nSPS) is 16.2. The highest BCUT2D eigenvalue weighted by Gasteiger charge is 2.18. The molecule has 0 amide bonds. The average Bonchev–Trinajstić information content (AvgIpc) is 2.64. The molecule has 2 nitrogen and oxygen atoms in total. The van der Waals surface area contributed by atoms with Crippen molar-refractivity contribution in [2.75, 3.05) is 13.2 Å². The Kier molecular flexibility index (Phi) is 2.79. The molecule has 0 saturated carbocycles. The molecule has 0 radical (unpaired) electrons. The lowest BCUT2D eigenvalue weighted by Gasteiger charge is -2.11. The Labute approximate surface area is 92.0 Å². The van der Waals surface area contributed by atoms with Gasteiger partial charge in [0.1, 0.15) is 5.75 Å². The molecule has 1 aromatic rings. The molecular weight excluding hydrogens is 244 g/mol. The first-order valence-electron chi connectivity index (χ1n) is 4.78. The fourth-order valence-electron chi connectivity index (χ4n) is 1.67. The summed E-state index contributed by atoms with van der Waals surface area (Å²) in [6.07, 6.45) is 0.972. The van der Waals surface area contributed by atoms with Gasteiger partial charge in [0.15, 0.2) is 0 Å². The number of benzene rings is 1. The molecule has 3 heteroatoms. The van der Waals surface area contributed by atoms with Gasteiger partial charge in [-0.1, -0.05) is 13.0 Å². The van der Waals surface area contributed by atoms with Crippen molar-refractivity contribution in [1.29, 1.82) is 0 Å². The van der Waals surface area contributed by atoms with Crippen LogP contribution < -0.4 is 4.74 Å². The van der Waals surface area contributed by atoms with Crippen LogP contribution in [0.1, 0.15) is 24.0 Å². The van der Waals surface area contributed by atoms with Crippen LogP contribution >= 0.6 is 15.9 Å². The maximum atomic E-state index is 9.08. The van der Waals surface area contributed by atoms with Crippen LogP contribution in [0.5, 0.6) is 5.75 Å². The largest absolute Gasteiger partial charge is 0.492 e. The van der Waals surface area contributed by atoms with Crippen molar-refractivity contribution in [1.82, 2.24) is 0 Å². The number of halogens is 1. The summed E-state index contributed by atoms with van der Waals surface area (Å²) in [5.74, 6) is 1.16. The zero-order valence-corrected chi connectivity index (χ0v) is 9.67. The van der Waals surface area contributed by atoms with Crippen LogP contribution in [0.2, 0.25) is 0 Å². The first-order chi connectivity index (χ1) is 6.72. The highest BCUT2D eigenvalue weighted by molar-refractivity contribution is 9.10. The minimum Gasteiger partial charge on any atom is -0.492 e. The summed E-state index contributed by atoms with van der Waals surface area (Å²) in [6.45, 7) is 2.97. The summed E-state index contributed by atoms with van der Waals surface area (Å²) < 4.78 is 6.49. The average molecular weight is 257 g/mol. The van der Waals surface area contributed by atoms with Gasteiger partial charge in [0.05, 0.1) is 11.1 Å². The summed E-state index contributed by atoms with van der Waals surface area (Å²) >= 11 is 3.49. The molecule has 0 fully saturated rings. The number of aliphatic hydroxyl groups is 1. The Morgan fingerprint density at radius 2 is 2.36 bits per heavy atom. The van der Waals surface area contributed by atoms with E-state index in [0.29, 0.717) is 0 Å². The summed E-state index contributed by atoms with van der Waals surface area (Å²) in [5, 5.41) is 9.08. The fourth-order valence-corrected chi connectivity index (χ4v) is 2.31. The lowest BCUT2D eigenvalue weighted by molar-refractivity contribution is 0.273. The monoisotopic (exact) mass is 256 g/mol. The van der Waals surface area contributed by atoms with Crippen molar-refractivity contribution in [2.24, 2.45) is 0 Å². The van der Waals surface area contributed by atoms with E-state index in [1.807, 2.05) is 13.0 Å². The van der Waals surface area contributed by atoms with Gasteiger partial charge in [-0.3, -0.25) is 0 Å². The number of hydrogen-bond acceptors (Lipinski definition) is 2. The fraction of sp³-hybridized carbons (Fsp3) is 0.455. The van der Waals surface area contributed by atoms with E-state index in [9.17, 15) is 0 Å². The number of aliphatic hydroxyl groups excluding tert-OH is 1. The van der Waals surface area contributed by atoms with Crippen molar-refractivity contribution in [2.45, 2.75) is 19.3 Å². The molecule has 0 aromatic heterocycles. The second-order valence-electron chi connectivity index (χ2n) is 3.67. The second-order valence-corrected chi connectivity index (χ2v) is 4.53. The van der Waals surface area contributed by atoms with Crippen molar-refractivity contribution in [3.63, 3.8) is 0 Å². The van der Waals surface area contributed by atoms with E-state index < -0.39 is 0 Å². The Morgan fingerprint density at radius 1 is 1.57 bits per heavy atom. The predicted molar refractivity (Wildman–Crippen MR) is 58.8 cm³/mol. The van der Waals surface area contributed by atoms with E-state index in [4.69, 9.17) is 9.84 Å². The number of ether oxygens (including phenoxy) is 1. The Morgan fingerprint density at radius 3 is 3.07 bits per heavy atom. The highest BCUT2D eigenvalue weighted by Crippen LogP contribution is 2.36. The second kappa shape index (κ2) is 3.91. The van der Waals surface area contributed by atoms with Gasteiger partial charge in [0.2, 0.25) is 0 Å². The van der Waals surface area contributed by atoms with Crippen LogP contribution in [0.4, 0.5) is 0 Å². The van der Waals surface area contributed by atoms with Crippen molar-refractivity contribution >= 4 is 15.9 Å². The van der Waals surface area contributed by atoms with Gasteiger partial charge in [-0.25, -0.2) is 0 Å². The quantitative estimate of drug-likeness (QED) is 0.881. The summed E-state index contributed by atoms with van der Waals surface area (Å²) in [4.78, 5) is 0. The first kappa shape index (κ1) is 9.99. The van der Waals surface area contributed by atoms with Gasteiger partial charge in [0.25, 0.3) is 0 Å². The Bertz CT molecular complexity index is 349. The SMILES string of the molecule is CC(CO)c1cc(Br)c2c(c1)CCO2. The zero-order valence-electron chi connectivity index (χ0n) is 8.09. The molecule has 1 aliphatic rings. The molecule has 1 heterocycles. The zero-order chi connectivity index (χ0) is 10.1. The summed E-state index contributed by atoms with van der Waals surface area (Å²) in [5.41, 5.74) is 2.42. The van der Waals surface area contributed by atoms with Crippen LogP contribution in [-0.4, -0.2) is 18.3 Å². The van der Waals surface area contributed by atoms with Gasteiger partial charge < -0.3 is 9.84 Å². The number of fused-ring (bicyclic) bond motifs is 1. The topological polar surface area (TPSA) is 29.5 Å². The maximum Gasteiger partial charge on any atom is 0.136 e. The highest BCUT2D eigenvalue weighted by atomic mass is 79.9. The van der Waals surface area contributed by atoms with Crippen LogP contribution in [0.25, 0.3) is 0 Å². The van der Waals surface area contributed by atoms with Crippen LogP contribution in [-0.2, 0) is 6.42 Å². The minimum atomic E-state index is 0.187. The Hall–Kier alpha value is -0.540. The van der Waals surface area contributed by atoms with Crippen molar-refractivity contribution in [3.8, 4) is 5.75 Å². The predicted octanol–water partition coefficient (Wildman–Crippen LogP) is 2.48. The smallest absolute Gasteiger partial charge is 0.136 e. The number of hydrogen-bond donors (Lipinski definition) is 1. The lowest BCUT2D eigenvalue weighted by atomic mass is 9.99. The molecule has 1 atom stereocenters. The third-order valence-corrected chi connectivity index (χ3v) is 3.19. The molecule has 1 N–H and O–H groups in total. The first-order valence-corrected chi connectivity index (χ1v) is 5.57. The molecule has 76 valence electrons. The molecule has 0 bridgehead atoms. The van der Waals surface area contributed by atoms with E-state index in [0.717, 1.165) is 23.2 Å². The van der Waals surface area contributed by atoms with E-state index in [1.165, 1.54) is 11.1 Å². The van der Waals surface area contributed by atoms with E-state index >= 15 is 0 Å². The van der Waals surface area contributed by atoms with Crippen LogP contribution in [0.3, 0.4) is 0 Å². The van der Waals surface area contributed by atoms with Gasteiger partial charge in [-0.15, -0.1) is 0 Å². The third-order valence-electron chi connectivity index (χ3n) is 2.60. The van der Waals surface area contributed by atoms with Gasteiger partial charge >= 0.3 is 0 Å². The van der Waals surface area contributed by atoms with Gasteiger partial charge in [0, 0.05) is 18.9 Å². The lowest BCUT2D eigenvalue weighted by Crippen LogP contribution is -1.99. The summed E-state index contributed by atoms with van der Waals surface area (Å²) in [6, 6.07) is 4.17. The molecule has 1 unspecified atom stereocenters. The van der Waals surface area contributed by atoms with Gasteiger partial charge in [-0.05, 0) is 33.1 Å². The van der Waals surface area contributed by atoms with Crippen molar-refractivity contribution < 1.29 is 9.84 Å². The van der Waals surface area contributed by atoms with Crippen LogP contribution in [0, 0.1) is 0 Å². The molecule has 1 aliphatic heterocycles. The van der Waals surface area contributed by atoms with Gasteiger partial charge in [-0.2, -0.15) is 0 Å². The molecule has 1 aromatic carbocycles. The molecule has 0 saturated heterocycles. The van der Waals surface area contributed by atoms with E-state index in [2.05, 4.69) is 22.0 Å². The molecule has 2 rings (SSSR count). The number of rotatable bonds is 2. The standard InChI is InChI=1S/C11H13BrO2/c1-7(6-13)9-4-8-2-3-14-11(8)10(12)5-9/h4-5,7,13H,2-3,6H2,1H3. The molecule has 0 spiro atoms. The van der Waals surface area contributed by atoms with Crippen LogP contribution in [0.15, 0.2) is 16.6 Å². The summed E-state index contributed by atoms with van der Waals surface area (Å²) in [7, 11) is 0.